The summed E-state index contributed by atoms with van der Waals surface area (Å²) in [6.07, 6.45) is 1.58. The smallest absolute Gasteiger partial charge is 0.317 e. The van der Waals surface area contributed by atoms with Crippen LogP contribution in [-0.4, -0.2) is 50.4 Å². The van der Waals surface area contributed by atoms with E-state index in [1.54, 1.807) is 34.0 Å². The van der Waals surface area contributed by atoms with Gasteiger partial charge in [0.15, 0.2) is 0 Å². The Labute approximate surface area is 195 Å². The molecule has 0 spiro atoms. The highest BCUT2D eigenvalue weighted by molar-refractivity contribution is 5.91. The maximum absolute atomic E-state index is 12.6. The molecule has 0 bridgehead atoms. The third kappa shape index (κ3) is 7.60. The van der Waals surface area contributed by atoms with E-state index in [1.807, 2.05) is 24.3 Å². The predicted molar refractivity (Wildman–Crippen MR) is 120 cm³/mol. The average molecular weight is 463 g/mol. The van der Waals surface area contributed by atoms with Crippen molar-refractivity contribution in [1.29, 1.82) is 0 Å². The number of rotatable bonds is 11. The molecule has 1 aliphatic carbocycles. The van der Waals surface area contributed by atoms with Crippen LogP contribution in [0.5, 0.6) is 5.75 Å². The molecule has 0 aromatic heterocycles. The molecule has 8 heteroatoms. The first-order chi connectivity index (χ1) is 15.5. The molecule has 0 radical (unpaired) electrons. The number of carbonyl (C=O) groups is 3. The van der Waals surface area contributed by atoms with Gasteiger partial charge in [-0.2, -0.15) is 0 Å². The normalized spacial score (nSPS) is 22.0. The van der Waals surface area contributed by atoms with E-state index in [0.29, 0.717) is 13.0 Å². The molecule has 0 aliphatic heterocycles. The van der Waals surface area contributed by atoms with Crippen LogP contribution in [0.15, 0.2) is 36.9 Å². The molecular formula is C25H34O8. The van der Waals surface area contributed by atoms with Gasteiger partial charge >= 0.3 is 17.9 Å². The zero-order chi connectivity index (χ0) is 24.6. The second-order valence-corrected chi connectivity index (χ2v) is 9.15. The topological polar surface area (TPSA) is 97.4 Å². The predicted octanol–water partition coefficient (Wildman–Crippen LogP) is 3.61. The molecule has 0 saturated heterocycles. The summed E-state index contributed by atoms with van der Waals surface area (Å²) < 4.78 is 26.6. The van der Waals surface area contributed by atoms with Crippen molar-refractivity contribution in [3.8, 4) is 5.75 Å². The molecule has 1 aromatic carbocycles. The van der Waals surface area contributed by atoms with Crippen LogP contribution >= 0.6 is 0 Å². The van der Waals surface area contributed by atoms with Crippen LogP contribution in [0.25, 0.3) is 0 Å². The summed E-state index contributed by atoms with van der Waals surface area (Å²) in [5, 5.41) is 0. The van der Waals surface area contributed by atoms with E-state index in [2.05, 4.69) is 11.3 Å². The van der Waals surface area contributed by atoms with Crippen molar-refractivity contribution < 1.29 is 38.1 Å². The van der Waals surface area contributed by atoms with Crippen LogP contribution in [0.2, 0.25) is 0 Å². The largest absolute Gasteiger partial charge is 0.497 e. The molecule has 0 amide bonds. The van der Waals surface area contributed by atoms with Gasteiger partial charge in [-0.05, 0) is 44.9 Å². The number of esters is 3. The quantitative estimate of drug-likeness (QED) is 0.213. The molecule has 1 saturated carbocycles. The Hall–Kier alpha value is -2.87. The van der Waals surface area contributed by atoms with Gasteiger partial charge in [-0.25, -0.2) is 0 Å². The lowest BCUT2D eigenvalue weighted by atomic mass is 9.57. The highest BCUT2D eigenvalue weighted by Gasteiger charge is 2.54. The lowest BCUT2D eigenvalue weighted by Gasteiger charge is -2.52. The Balaban J connectivity index is 2.08. The molecule has 33 heavy (non-hydrogen) atoms. The first kappa shape index (κ1) is 26.4. The summed E-state index contributed by atoms with van der Waals surface area (Å²) in [6.45, 7) is 9.67. The first-order valence-electron chi connectivity index (χ1n) is 10.8. The van der Waals surface area contributed by atoms with Crippen LogP contribution < -0.4 is 4.74 Å². The monoisotopic (exact) mass is 462 g/mol. The zero-order valence-electron chi connectivity index (χ0n) is 20.1. The summed E-state index contributed by atoms with van der Waals surface area (Å²) in [5.74, 6) is -1.27. The highest BCUT2D eigenvalue weighted by Crippen LogP contribution is 2.52. The molecule has 0 heterocycles. The summed E-state index contributed by atoms with van der Waals surface area (Å²) in [4.78, 5) is 35.9. The first-order valence-corrected chi connectivity index (χ1v) is 10.8. The maximum atomic E-state index is 12.6. The van der Waals surface area contributed by atoms with Gasteiger partial charge < -0.3 is 23.7 Å². The molecule has 3 atom stereocenters. The summed E-state index contributed by atoms with van der Waals surface area (Å²) in [5.41, 5.74) is -0.315. The van der Waals surface area contributed by atoms with Crippen molar-refractivity contribution in [2.75, 3.05) is 20.8 Å². The molecule has 1 aromatic rings. The molecular weight excluding hydrogens is 428 g/mol. The summed E-state index contributed by atoms with van der Waals surface area (Å²) in [7, 11) is 2.81. The second kappa shape index (κ2) is 11.3. The third-order valence-electron chi connectivity index (χ3n) is 5.62. The van der Waals surface area contributed by atoms with Gasteiger partial charge in [0.1, 0.15) is 24.4 Å². The molecule has 182 valence electrons. The van der Waals surface area contributed by atoms with E-state index in [-0.39, 0.29) is 31.0 Å². The van der Waals surface area contributed by atoms with Gasteiger partial charge in [-0.15, -0.1) is 6.58 Å². The van der Waals surface area contributed by atoms with E-state index < -0.39 is 29.4 Å². The molecule has 8 nitrogen and oxygen atoms in total. The molecule has 0 N–H and O–H groups in total. The fourth-order valence-corrected chi connectivity index (χ4v) is 3.79. The molecule has 1 aliphatic rings. The summed E-state index contributed by atoms with van der Waals surface area (Å²) in [6, 6.07) is 7.53. The van der Waals surface area contributed by atoms with Crippen molar-refractivity contribution >= 4 is 17.9 Å². The Kier molecular flexibility index (Phi) is 9.05. The number of carbonyl (C=O) groups excluding carboxylic acids is 3. The minimum Gasteiger partial charge on any atom is -0.497 e. The number of hydrogen-bond donors (Lipinski definition) is 0. The maximum Gasteiger partial charge on any atom is 0.317 e. The van der Waals surface area contributed by atoms with E-state index >= 15 is 0 Å². The minimum atomic E-state index is -0.693. The average Bonchev–Trinajstić information content (AvgIpc) is 2.75. The van der Waals surface area contributed by atoms with Crippen LogP contribution in [0.3, 0.4) is 0 Å². The zero-order valence-corrected chi connectivity index (χ0v) is 20.1. The van der Waals surface area contributed by atoms with Crippen LogP contribution in [-0.2, 0) is 39.9 Å². The van der Waals surface area contributed by atoms with Gasteiger partial charge in [0.05, 0.1) is 33.4 Å². The van der Waals surface area contributed by atoms with Crippen molar-refractivity contribution in [1.82, 2.24) is 0 Å². The summed E-state index contributed by atoms with van der Waals surface area (Å²) >= 11 is 0. The van der Waals surface area contributed by atoms with Crippen molar-refractivity contribution in [3.63, 3.8) is 0 Å². The van der Waals surface area contributed by atoms with Crippen molar-refractivity contribution in [2.45, 2.75) is 58.3 Å². The number of ether oxygens (including phenoxy) is 5. The lowest BCUT2D eigenvalue weighted by molar-refractivity contribution is -0.182. The van der Waals surface area contributed by atoms with E-state index in [1.165, 1.54) is 7.11 Å². The minimum absolute atomic E-state index is 0.0117. The Morgan fingerprint density at radius 2 is 1.76 bits per heavy atom. The van der Waals surface area contributed by atoms with Gasteiger partial charge in [-0.3, -0.25) is 14.4 Å². The molecule has 2 rings (SSSR count). The third-order valence-corrected chi connectivity index (χ3v) is 5.62. The molecule has 1 fully saturated rings. The van der Waals surface area contributed by atoms with Crippen LogP contribution in [0, 0.1) is 11.3 Å². The Bertz CT molecular complexity index is 839. The lowest BCUT2D eigenvalue weighted by Crippen LogP contribution is -2.55. The second-order valence-electron chi connectivity index (χ2n) is 9.15. The van der Waals surface area contributed by atoms with E-state index in [9.17, 15) is 14.4 Å². The SMILES string of the molecule is C=C[C@]1(COC(=O)CC(=O)OC)C[C@@H](OCc2ccc(OC)cc2)[C@@H]1CC(=O)OC(C)(C)C. The van der Waals surface area contributed by atoms with Crippen molar-refractivity contribution in [3.05, 3.63) is 42.5 Å². The van der Waals surface area contributed by atoms with Gasteiger partial charge in [0, 0.05) is 11.3 Å². The van der Waals surface area contributed by atoms with E-state index in [0.717, 1.165) is 11.3 Å². The number of methoxy groups -OCH3 is 2. The Morgan fingerprint density at radius 1 is 1.09 bits per heavy atom. The highest BCUT2D eigenvalue weighted by atomic mass is 16.6. The number of hydrogen-bond acceptors (Lipinski definition) is 8. The van der Waals surface area contributed by atoms with Gasteiger partial charge in [-0.1, -0.05) is 18.2 Å². The van der Waals surface area contributed by atoms with Crippen LogP contribution in [0.1, 0.15) is 45.6 Å². The molecule has 0 unspecified atom stereocenters. The standard InChI is InChI=1S/C25H34O8/c1-7-25(16-32-22(27)13-21(26)30-6)14-20(19(25)12-23(28)33-24(2,3)4)31-15-17-8-10-18(29-5)11-9-17/h7-11,19-20H,1,12-16H2,2-6H3/t19-,20+,25+/m0/s1. The van der Waals surface area contributed by atoms with Crippen LogP contribution in [0.4, 0.5) is 0 Å². The van der Waals surface area contributed by atoms with Gasteiger partial charge in [0.2, 0.25) is 0 Å². The fraction of sp³-hybridized carbons (Fsp3) is 0.560. The fourth-order valence-electron chi connectivity index (χ4n) is 3.79. The van der Waals surface area contributed by atoms with Crippen molar-refractivity contribution in [2.24, 2.45) is 11.3 Å². The van der Waals surface area contributed by atoms with E-state index in [4.69, 9.17) is 18.9 Å². The number of benzene rings is 1. The van der Waals surface area contributed by atoms with Gasteiger partial charge in [0.25, 0.3) is 0 Å². The Morgan fingerprint density at radius 3 is 2.30 bits per heavy atom.